The zero-order chi connectivity index (χ0) is 12.4. The van der Waals surface area contributed by atoms with Crippen LogP contribution < -0.4 is 9.64 Å². The van der Waals surface area contributed by atoms with Crippen molar-refractivity contribution >= 4 is 23.1 Å². The Hall–Kier alpha value is -1.22. The molecule has 0 N–H and O–H groups in total. The van der Waals surface area contributed by atoms with Crippen molar-refractivity contribution < 1.29 is 9.53 Å². The Morgan fingerprint density at radius 1 is 1.47 bits per heavy atom. The fourth-order valence-electron chi connectivity index (χ4n) is 2.25. The van der Waals surface area contributed by atoms with Gasteiger partial charge in [0.15, 0.2) is 0 Å². The summed E-state index contributed by atoms with van der Waals surface area (Å²) in [6, 6.07) is 5.76. The number of anilines is 1. The van der Waals surface area contributed by atoms with E-state index in [1.54, 1.807) is 7.11 Å². The average molecular weight is 254 g/mol. The molecule has 1 atom stereocenters. The van der Waals surface area contributed by atoms with Gasteiger partial charge < -0.3 is 9.64 Å². The Morgan fingerprint density at radius 3 is 2.88 bits per heavy atom. The predicted molar refractivity (Wildman–Crippen MR) is 69.1 cm³/mol. The van der Waals surface area contributed by atoms with Gasteiger partial charge in [0.2, 0.25) is 0 Å². The molecule has 1 fully saturated rings. The minimum Gasteiger partial charge on any atom is -0.495 e. The number of nitrogens with zero attached hydrogens (tertiary/aromatic N) is 1. The highest BCUT2D eigenvalue weighted by atomic mass is 35.5. The van der Waals surface area contributed by atoms with Crippen LogP contribution in [0.15, 0.2) is 18.2 Å². The lowest BCUT2D eigenvalue weighted by molar-refractivity contribution is -0.120. The van der Waals surface area contributed by atoms with Crippen LogP contribution in [0.2, 0.25) is 5.02 Å². The SMILES string of the molecule is COc1ccc(Cl)cc1N1CCC(=O)CC1C. The lowest BCUT2D eigenvalue weighted by Gasteiger charge is -2.35. The van der Waals surface area contributed by atoms with E-state index in [0.29, 0.717) is 23.6 Å². The normalized spacial score (nSPS) is 20.5. The third-order valence-electron chi connectivity index (χ3n) is 3.14. The van der Waals surface area contributed by atoms with Crippen LogP contribution in [0, 0.1) is 0 Å². The molecule has 17 heavy (non-hydrogen) atoms. The van der Waals surface area contributed by atoms with Crippen LogP contribution in [-0.2, 0) is 4.79 Å². The molecule has 1 aromatic rings. The molecule has 3 nitrogen and oxygen atoms in total. The van der Waals surface area contributed by atoms with Crippen LogP contribution in [0.25, 0.3) is 0 Å². The quantitative estimate of drug-likeness (QED) is 0.812. The van der Waals surface area contributed by atoms with Crippen LogP contribution in [0.1, 0.15) is 19.8 Å². The minimum atomic E-state index is 0.198. The maximum Gasteiger partial charge on any atom is 0.142 e. The second-order valence-corrected chi connectivity index (χ2v) is 4.79. The number of benzene rings is 1. The third kappa shape index (κ3) is 2.55. The summed E-state index contributed by atoms with van der Waals surface area (Å²) in [5.74, 6) is 1.13. The Morgan fingerprint density at radius 2 is 2.24 bits per heavy atom. The van der Waals surface area contributed by atoms with Crippen LogP contribution in [0.3, 0.4) is 0 Å². The first-order chi connectivity index (χ1) is 8.11. The first-order valence-electron chi connectivity index (χ1n) is 5.73. The average Bonchev–Trinajstić information content (AvgIpc) is 2.29. The number of ketones is 1. The molecule has 4 heteroatoms. The molecule has 1 aromatic carbocycles. The number of piperidine rings is 1. The van der Waals surface area contributed by atoms with E-state index in [9.17, 15) is 4.79 Å². The summed E-state index contributed by atoms with van der Waals surface area (Å²) < 4.78 is 5.34. The monoisotopic (exact) mass is 253 g/mol. The number of Topliss-reactive ketones (excluding diaryl/α,β-unsaturated/α-hetero) is 1. The third-order valence-corrected chi connectivity index (χ3v) is 3.37. The lowest BCUT2D eigenvalue weighted by Crippen LogP contribution is -2.41. The van der Waals surface area contributed by atoms with Crippen molar-refractivity contribution in [3.63, 3.8) is 0 Å². The van der Waals surface area contributed by atoms with E-state index in [4.69, 9.17) is 16.3 Å². The number of halogens is 1. The molecule has 1 saturated heterocycles. The van der Waals surface area contributed by atoms with Crippen molar-refractivity contribution in [2.45, 2.75) is 25.8 Å². The van der Waals surface area contributed by atoms with Crippen molar-refractivity contribution in [3.8, 4) is 5.75 Å². The molecule has 0 amide bonds. The number of hydrogen-bond acceptors (Lipinski definition) is 3. The summed E-state index contributed by atoms with van der Waals surface area (Å²) in [7, 11) is 1.65. The summed E-state index contributed by atoms with van der Waals surface area (Å²) in [5, 5.41) is 0.685. The first-order valence-corrected chi connectivity index (χ1v) is 6.11. The molecular weight excluding hydrogens is 238 g/mol. The predicted octanol–water partition coefficient (Wildman–Crippen LogP) is 2.91. The van der Waals surface area contributed by atoms with E-state index in [1.807, 2.05) is 18.2 Å². The lowest BCUT2D eigenvalue weighted by atomic mass is 10.0. The molecule has 0 bridgehead atoms. The Kier molecular flexibility index (Phi) is 3.57. The van der Waals surface area contributed by atoms with E-state index in [0.717, 1.165) is 18.0 Å². The number of carbonyl (C=O) groups excluding carboxylic acids is 1. The van der Waals surface area contributed by atoms with Gasteiger partial charge in [-0.2, -0.15) is 0 Å². The second-order valence-electron chi connectivity index (χ2n) is 4.35. The van der Waals surface area contributed by atoms with E-state index in [2.05, 4.69) is 11.8 Å². The van der Waals surface area contributed by atoms with Gasteiger partial charge in [0.1, 0.15) is 11.5 Å². The van der Waals surface area contributed by atoms with Gasteiger partial charge in [-0.05, 0) is 25.1 Å². The Labute approximate surface area is 106 Å². The van der Waals surface area contributed by atoms with Gasteiger partial charge in [-0.25, -0.2) is 0 Å². The fourth-order valence-corrected chi connectivity index (χ4v) is 2.42. The highest BCUT2D eigenvalue weighted by Gasteiger charge is 2.25. The number of rotatable bonds is 2. The van der Waals surface area contributed by atoms with Gasteiger partial charge in [0, 0.05) is 30.5 Å². The molecule has 1 aliphatic heterocycles. The number of methoxy groups -OCH3 is 1. The van der Waals surface area contributed by atoms with E-state index < -0.39 is 0 Å². The Bertz CT molecular complexity index is 433. The largest absolute Gasteiger partial charge is 0.495 e. The fraction of sp³-hybridized carbons (Fsp3) is 0.462. The zero-order valence-electron chi connectivity index (χ0n) is 10.1. The molecule has 1 aliphatic rings. The van der Waals surface area contributed by atoms with Crippen molar-refractivity contribution in [3.05, 3.63) is 23.2 Å². The van der Waals surface area contributed by atoms with Gasteiger partial charge >= 0.3 is 0 Å². The van der Waals surface area contributed by atoms with E-state index in [-0.39, 0.29) is 6.04 Å². The summed E-state index contributed by atoms with van der Waals surface area (Å²) in [6.07, 6.45) is 1.19. The molecule has 0 radical (unpaired) electrons. The van der Waals surface area contributed by atoms with Crippen molar-refractivity contribution in [2.75, 3.05) is 18.6 Å². The van der Waals surface area contributed by atoms with Crippen LogP contribution in [0.5, 0.6) is 5.75 Å². The van der Waals surface area contributed by atoms with Gasteiger partial charge in [-0.15, -0.1) is 0 Å². The minimum absolute atomic E-state index is 0.198. The summed E-state index contributed by atoms with van der Waals surface area (Å²) in [6.45, 7) is 2.79. The first kappa shape index (κ1) is 12.2. The molecule has 1 heterocycles. The molecule has 0 saturated carbocycles. The Balaban J connectivity index is 2.32. The zero-order valence-corrected chi connectivity index (χ0v) is 10.8. The highest BCUT2D eigenvalue weighted by Crippen LogP contribution is 2.34. The number of ether oxygens (including phenoxy) is 1. The maximum absolute atomic E-state index is 11.4. The van der Waals surface area contributed by atoms with E-state index in [1.165, 1.54) is 0 Å². The smallest absolute Gasteiger partial charge is 0.142 e. The second kappa shape index (κ2) is 4.96. The standard InChI is InChI=1S/C13H16ClNO2/c1-9-7-11(16)5-6-15(9)12-8-10(14)3-4-13(12)17-2/h3-4,8-9H,5-7H2,1-2H3. The summed E-state index contributed by atoms with van der Waals surface area (Å²) >= 11 is 6.02. The highest BCUT2D eigenvalue weighted by molar-refractivity contribution is 6.30. The van der Waals surface area contributed by atoms with Gasteiger partial charge in [-0.1, -0.05) is 11.6 Å². The van der Waals surface area contributed by atoms with Crippen molar-refractivity contribution in [2.24, 2.45) is 0 Å². The van der Waals surface area contributed by atoms with Crippen molar-refractivity contribution in [1.82, 2.24) is 0 Å². The molecule has 0 spiro atoms. The molecule has 92 valence electrons. The van der Waals surface area contributed by atoms with Gasteiger partial charge in [-0.3, -0.25) is 4.79 Å². The van der Waals surface area contributed by atoms with Crippen LogP contribution in [-0.4, -0.2) is 25.5 Å². The van der Waals surface area contributed by atoms with Crippen LogP contribution >= 0.6 is 11.6 Å². The molecule has 1 unspecified atom stereocenters. The van der Waals surface area contributed by atoms with Crippen LogP contribution in [0.4, 0.5) is 5.69 Å². The summed E-state index contributed by atoms with van der Waals surface area (Å²) in [4.78, 5) is 13.6. The van der Waals surface area contributed by atoms with Gasteiger partial charge in [0.25, 0.3) is 0 Å². The molecule has 0 aliphatic carbocycles. The summed E-state index contributed by atoms with van der Waals surface area (Å²) in [5.41, 5.74) is 0.972. The molecule has 0 aromatic heterocycles. The topological polar surface area (TPSA) is 29.5 Å². The molecule has 2 rings (SSSR count). The van der Waals surface area contributed by atoms with E-state index >= 15 is 0 Å². The molecular formula is C13H16ClNO2. The van der Waals surface area contributed by atoms with Crippen molar-refractivity contribution in [1.29, 1.82) is 0 Å². The maximum atomic E-state index is 11.4. The number of hydrogen-bond donors (Lipinski definition) is 0. The van der Waals surface area contributed by atoms with Gasteiger partial charge in [0.05, 0.1) is 12.8 Å². The number of carbonyl (C=O) groups is 1.